The lowest BCUT2D eigenvalue weighted by atomic mass is 9.77. The van der Waals surface area contributed by atoms with E-state index in [0.29, 0.717) is 50.6 Å². The molecule has 2 aliphatic carbocycles. The van der Waals surface area contributed by atoms with Gasteiger partial charge < -0.3 is 41.7 Å². The molecule has 0 aliphatic heterocycles. The molecule has 1 aromatic rings. The van der Waals surface area contributed by atoms with Gasteiger partial charge in [0, 0.05) is 56.2 Å². The second-order valence-corrected chi connectivity index (χ2v) is 7.50. The molecule has 0 aromatic heterocycles. The van der Waals surface area contributed by atoms with Crippen molar-refractivity contribution in [2.75, 3.05) is 63.1 Å². The molecule has 32 heavy (non-hydrogen) atoms. The average Bonchev–Trinajstić information content (AvgIpc) is 2.78. The number of allylic oxidation sites excluding steroid dienone is 1. The highest BCUT2D eigenvalue weighted by Gasteiger charge is 2.41. The SMILES string of the molecule is O=C1C2=C(C(=O)c3c(NCCNCCO)ccc(NCCNCCO)c31)C(O)CC=C2O. The van der Waals surface area contributed by atoms with Crippen LogP contribution in [0.2, 0.25) is 0 Å². The van der Waals surface area contributed by atoms with Gasteiger partial charge >= 0.3 is 0 Å². The number of carbonyl (C=O) groups is 2. The van der Waals surface area contributed by atoms with E-state index >= 15 is 0 Å². The highest BCUT2D eigenvalue weighted by atomic mass is 16.3. The van der Waals surface area contributed by atoms with Crippen molar-refractivity contribution in [1.82, 2.24) is 10.6 Å². The van der Waals surface area contributed by atoms with Crippen molar-refractivity contribution in [2.24, 2.45) is 0 Å². The Kier molecular flexibility index (Phi) is 8.37. The lowest BCUT2D eigenvalue weighted by Gasteiger charge is -2.29. The molecule has 0 saturated heterocycles. The average molecular weight is 447 g/mol. The minimum Gasteiger partial charge on any atom is -0.508 e. The molecule has 3 rings (SSSR count). The summed E-state index contributed by atoms with van der Waals surface area (Å²) in [5.41, 5.74) is 1.000. The van der Waals surface area contributed by atoms with E-state index < -0.39 is 17.7 Å². The normalized spacial score (nSPS) is 17.7. The Bertz CT molecular complexity index is 927. The van der Waals surface area contributed by atoms with Gasteiger partial charge in [-0.25, -0.2) is 0 Å². The van der Waals surface area contributed by atoms with E-state index in [2.05, 4.69) is 21.3 Å². The molecular weight excluding hydrogens is 416 g/mol. The van der Waals surface area contributed by atoms with Crippen molar-refractivity contribution >= 4 is 22.9 Å². The van der Waals surface area contributed by atoms with E-state index in [0.717, 1.165) is 0 Å². The molecule has 0 heterocycles. The number of fused-ring (bicyclic) bond motifs is 1. The van der Waals surface area contributed by atoms with Crippen LogP contribution in [0.15, 0.2) is 35.1 Å². The molecule has 10 heteroatoms. The van der Waals surface area contributed by atoms with Crippen molar-refractivity contribution in [3.05, 3.63) is 46.2 Å². The van der Waals surface area contributed by atoms with Crippen LogP contribution in [0.25, 0.3) is 0 Å². The number of anilines is 2. The maximum atomic E-state index is 13.4. The third-order valence-corrected chi connectivity index (χ3v) is 5.34. The predicted molar refractivity (Wildman–Crippen MR) is 120 cm³/mol. The number of hydrogen-bond donors (Lipinski definition) is 8. The zero-order valence-corrected chi connectivity index (χ0v) is 17.8. The fraction of sp³-hybridized carbons (Fsp3) is 0.455. The second-order valence-electron chi connectivity index (χ2n) is 7.50. The number of nitrogens with one attached hydrogen (secondary N) is 4. The van der Waals surface area contributed by atoms with Crippen LogP contribution in [0, 0.1) is 0 Å². The highest BCUT2D eigenvalue weighted by Crippen LogP contribution is 2.40. The van der Waals surface area contributed by atoms with Crippen LogP contribution in [0.5, 0.6) is 0 Å². The highest BCUT2D eigenvalue weighted by molar-refractivity contribution is 6.32. The first-order valence-corrected chi connectivity index (χ1v) is 10.7. The fourth-order valence-electron chi connectivity index (χ4n) is 3.86. The molecule has 0 saturated carbocycles. The third kappa shape index (κ3) is 5.00. The summed E-state index contributed by atoms with van der Waals surface area (Å²) in [5, 5.41) is 50.8. The summed E-state index contributed by atoms with van der Waals surface area (Å²) in [4.78, 5) is 26.8. The third-order valence-electron chi connectivity index (χ3n) is 5.34. The molecule has 0 fully saturated rings. The Morgan fingerprint density at radius 3 is 1.88 bits per heavy atom. The van der Waals surface area contributed by atoms with Crippen LogP contribution < -0.4 is 21.3 Å². The molecule has 2 aliphatic rings. The van der Waals surface area contributed by atoms with E-state index in [1.807, 2.05) is 0 Å². The lowest BCUT2D eigenvalue weighted by molar-refractivity contribution is 0.0929. The van der Waals surface area contributed by atoms with Crippen LogP contribution in [-0.4, -0.2) is 90.6 Å². The summed E-state index contributed by atoms with van der Waals surface area (Å²) in [5.74, 6) is -1.30. The Morgan fingerprint density at radius 1 is 0.812 bits per heavy atom. The number of carbonyl (C=O) groups excluding carboxylic acids is 2. The number of ketones is 2. The Balaban J connectivity index is 1.94. The first kappa shape index (κ1) is 23.9. The summed E-state index contributed by atoms with van der Waals surface area (Å²) in [6.07, 6.45) is 0.242. The van der Waals surface area contributed by atoms with Crippen molar-refractivity contribution in [2.45, 2.75) is 12.5 Å². The van der Waals surface area contributed by atoms with Gasteiger partial charge in [0.05, 0.1) is 36.0 Å². The molecule has 0 amide bonds. The van der Waals surface area contributed by atoms with Gasteiger partial charge in [0.15, 0.2) is 11.6 Å². The number of Topliss-reactive ketones (excluding diaryl/α,β-unsaturated/α-hetero) is 2. The van der Waals surface area contributed by atoms with E-state index in [1.165, 1.54) is 6.08 Å². The van der Waals surface area contributed by atoms with Gasteiger partial charge in [-0.1, -0.05) is 0 Å². The maximum absolute atomic E-state index is 13.4. The summed E-state index contributed by atoms with van der Waals surface area (Å²) >= 11 is 0. The first-order valence-electron chi connectivity index (χ1n) is 10.7. The Morgan fingerprint density at radius 2 is 1.34 bits per heavy atom. The summed E-state index contributed by atoms with van der Waals surface area (Å²) < 4.78 is 0. The van der Waals surface area contributed by atoms with E-state index in [9.17, 15) is 19.8 Å². The van der Waals surface area contributed by atoms with Gasteiger partial charge in [0.25, 0.3) is 0 Å². The topological polar surface area (TPSA) is 163 Å². The molecule has 1 aromatic carbocycles. The monoisotopic (exact) mass is 446 g/mol. The van der Waals surface area contributed by atoms with Crippen LogP contribution in [0.1, 0.15) is 27.1 Å². The van der Waals surface area contributed by atoms with Crippen molar-refractivity contribution in [3.63, 3.8) is 0 Å². The number of aliphatic hydroxyl groups excluding tert-OH is 4. The molecule has 0 bridgehead atoms. The van der Waals surface area contributed by atoms with E-state index in [1.54, 1.807) is 12.1 Å². The second kappa shape index (κ2) is 11.2. The van der Waals surface area contributed by atoms with Crippen LogP contribution in [0.3, 0.4) is 0 Å². The molecule has 10 nitrogen and oxygen atoms in total. The van der Waals surface area contributed by atoms with Gasteiger partial charge in [0.1, 0.15) is 5.76 Å². The molecule has 0 radical (unpaired) electrons. The lowest BCUT2D eigenvalue weighted by Crippen LogP contribution is -2.34. The Labute approximate surface area is 186 Å². The van der Waals surface area contributed by atoms with Crippen molar-refractivity contribution in [1.29, 1.82) is 0 Å². The summed E-state index contributed by atoms with van der Waals surface area (Å²) in [6.45, 7) is 2.88. The summed E-state index contributed by atoms with van der Waals surface area (Å²) in [7, 11) is 0. The van der Waals surface area contributed by atoms with Crippen LogP contribution in [0.4, 0.5) is 11.4 Å². The first-order chi connectivity index (χ1) is 15.5. The number of benzene rings is 1. The number of aliphatic hydroxyl groups is 4. The largest absolute Gasteiger partial charge is 0.508 e. The zero-order chi connectivity index (χ0) is 23.1. The van der Waals surface area contributed by atoms with E-state index in [4.69, 9.17) is 10.2 Å². The number of rotatable bonds is 12. The zero-order valence-electron chi connectivity index (χ0n) is 17.8. The molecule has 1 atom stereocenters. The van der Waals surface area contributed by atoms with Crippen LogP contribution in [-0.2, 0) is 0 Å². The van der Waals surface area contributed by atoms with Gasteiger partial charge in [-0.15, -0.1) is 0 Å². The standard InChI is InChI=1S/C22H30N4O6/c27-11-9-23-5-7-25-13-1-2-14(26-8-6-24-10-12-28)18-17(13)21(31)19-15(29)3-4-16(30)20(19)22(18)32/h1-3,16,23-30H,4-12H2. The molecule has 0 spiro atoms. The van der Waals surface area contributed by atoms with Gasteiger partial charge in [-0.3, -0.25) is 9.59 Å². The number of hydrogen-bond acceptors (Lipinski definition) is 10. The quantitative estimate of drug-likeness (QED) is 0.197. The Hall–Kier alpha value is -2.76. The minimum absolute atomic E-state index is 0.0147. The fourth-order valence-corrected chi connectivity index (χ4v) is 3.86. The molecule has 174 valence electrons. The van der Waals surface area contributed by atoms with Crippen molar-refractivity contribution < 1.29 is 30.0 Å². The molecule has 1 unspecified atom stereocenters. The smallest absolute Gasteiger partial charge is 0.200 e. The van der Waals surface area contributed by atoms with Crippen molar-refractivity contribution in [3.8, 4) is 0 Å². The minimum atomic E-state index is -1.16. The van der Waals surface area contributed by atoms with Gasteiger partial charge in [0.2, 0.25) is 0 Å². The predicted octanol–water partition coefficient (Wildman–Crippen LogP) is -0.444. The molecular formula is C22H30N4O6. The maximum Gasteiger partial charge on any atom is 0.200 e. The van der Waals surface area contributed by atoms with E-state index in [-0.39, 0.29) is 47.7 Å². The van der Waals surface area contributed by atoms with Gasteiger partial charge in [-0.2, -0.15) is 0 Å². The summed E-state index contributed by atoms with van der Waals surface area (Å²) in [6, 6.07) is 3.40. The van der Waals surface area contributed by atoms with Crippen LogP contribution >= 0.6 is 0 Å². The van der Waals surface area contributed by atoms with Gasteiger partial charge in [-0.05, 0) is 24.6 Å². The molecule has 8 N–H and O–H groups in total.